The van der Waals surface area contributed by atoms with Crippen molar-refractivity contribution in [2.75, 3.05) is 0 Å². The monoisotopic (exact) mass is 283 g/mol. The Balaban J connectivity index is 2.61. The number of rotatable bonds is 4. The fourth-order valence-electron chi connectivity index (χ4n) is 1.94. The predicted molar refractivity (Wildman–Crippen MR) is 69.2 cm³/mol. The van der Waals surface area contributed by atoms with Gasteiger partial charge in [-0.3, -0.25) is 19.0 Å². The quantitative estimate of drug-likeness (QED) is 0.652. The molecule has 0 aliphatic heterocycles. The molecule has 0 aliphatic rings. The third kappa shape index (κ3) is 2.38. The summed E-state index contributed by atoms with van der Waals surface area (Å²) in [5.74, 6) is -1.17. The second kappa shape index (κ2) is 4.87. The number of nitrogens with two attached hydrogens (primary N) is 1. The number of aromatic nitrogens is 1. The summed E-state index contributed by atoms with van der Waals surface area (Å²) in [7, 11) is 0. The number of nitro groups is 1. The Morgan fingerprint density at radius 3 is 2.84 bits per heavy atom. The SMILES string of the molecule is N[C@@H](Cc1cn(Cl)c2cccc([N+](=O)[O-])c12)C(=O)O. The number of fused-ring (bicyclic) bond motifs is 1. The number of nitrogens with zero attached hydrogens (tertiary/aromatic N) is 2. The van der Waals surface area contributed by atoms with Crippen LogP contribution in [0.4, 0.5) is 5.69 Å². The molecule has 0 aliphatic carbocycles. The van der Waals surface area contributed by atoms with E-state index < -0.39 is 16.9 Å². The molecule has 8 heteroatoms. The van der Waals surface area contributed by atoms with E-state index in [2.05, 4.69) is 0 Å². The van der Waals surface area contributed by atoms with Crippen molar-refractivity contribution in [3.8, 4) is 0 Å². The van der Waals surface area contributed by atoms with Crippen molar-refractivity contribution in [3.05, 3.63) is 40.1 Å². The lowest BCUT2D eigenvalue weighted by Crippen LogP contribution is -2.32. The number of halogens is 1. The molecule has 1 aromatic carbocycles. The number of non-ortho nitro benzene ring substituents is 1. The first-order valence-corrected chi connectivity index (χ1v) is 5.67. The molecule has 0 bridgehead atoms. The molecule has 0 amide bonds. The number of nitro benzene ring substituents is 1. The summed E-state index contributed by atoms with van der Waals surface area (Å²) in [5.41, 5.74) is 6.22. The van der Waals surface area contributed by atoms with Crippen molar-refractivity contribution < 1.29 is 14.8 Å². The largest absolute Gasteiger partial charge is 0.480 e. The van der Waals surface area contributed by atoms with Crippen LogP contribution in [0.1, 0.15) is 5.56 Å². The highest BCUT2D eigenvalue weighted by molar-refractivity contribution is 6.20. The smallest absolute Gasteiger partial charge is 0.320 e. The predicted octanol–water partition coefficient (Wildman–Crippen LogP) is 1.51. The summed E-state index contributed by atoms with van der Waals surface area (Å²) in [6.07, 6.45) is 1.42. The van der Waals surface area contributed by atoms with Gasteiger partial charge in [0, 0.05) is 30.5 Å². The van der Waals surface area contributed by atoms with Crippen molar-refractivity contribution >= 4 is 34.3 Å². The molecule has 0 saturated heterocycles. The number of carbonyl (C=O) groups is 1. The molecule has 7 nitrogen and oxygen atoms in total. The number of aliphatic carboxylic acids is 1. The highest BCUT2D eigenvalue weighted by Gasteiger charge is 2.22. The van der Waals surface area contributed by atoms with Crippen LogP contribution < -0.4 is 5.73 Å². The molecule has 3 N–H and O–H groups in total. The maximum absolute atomic E-state index is 11.0. The van der Waals surface area contributed by atoms with Crippen molar-refractivity contribution in [1.29, 1.82) is 0 Å². The van der Waals surface area contributed by atoms with Gasteiger partial charge in [0.1, 0.15) is 6.04 Å². The van der Waals surface area contributed by atoms with Crippen molar-refractivity contribution in [2.45, 2.75) is 12.5 Å². The van der Waals surface area contributed by atoms with E-state index in [0.717, 1.165) is 0 Å². The number of benzene rings is 1. The third-order valence-corrected chi connectivity index (χ3v) is 3.07. The van der Waals surface area contributed by atoms with Crippen LogP contribution in [0, 0.1) is 10.1 Å². The van der Waals surface area contributed by atoms with Crippen LogP contribution in [0.3, 0.4) is 0 Å². The summed E-state index contributed by atoms with van der Waals surface area (Å²) >= 11 is 5.92. The molecule has 1 heterocycles. The van der Waals surface area contributed by atoms with E-state index in [1.807, 2.05) is 0 Å². The number of carboxylic acid groups (broad SMARTS) is 1. The van der Waals surface area contributed by atoms with Crippen molar-refractivity contribution in [3.63, 3.8) is 0 Å². The Kier molecular flexibility index (Phi) is 3.41. The van der Waals surface area contributed by atoms with E-state index in [9.17, 15) is 14.9 Å². The Morgan fingerprint density at radius 2 is 2.26 bits per heavy atom. The van der Waals surface area contributed by atoms with Gasteiger partial charge in [-0.15, -0.1) is 0 Å². The first-order chi connectivity index (χ1) is 8.91. The molecule has 100 valence electrons. The second-order valence-corrected chi connectivity index (χ2v) is 4.41. The Bertz CT molecular complexity index is 667. The molecule has 0 saturated carbocycles. The lowest BCUT2D eigenvalue weighted by atomic mass is 10.0. The Morgan fingerprint density at radius 1 is 1.58 bits per heavy atom. The third-order valence-electron chi connectivity index (χ3n) is 2.79. The van der Waals surface area contributed by atoms with Gasteiger partial charge in [-0.1, -0.05) is 6.07 Å². The Hall–Kier alpha value is -2.12. The standard InChI is InChI=1S/C11H10ClN3O4/c12-14-5-6(4-7(13)11(16)17)10-8(14)2-1-3-9(10)15(18)19/h1-3,5,7H,4,13H2,(H,16,17)/t7-/m0/s1. The summed E-state index contributed by atoms with van der Waals surface area (Å²) in [6.45, 7) is 0. The van der Waals surface area contributed by atoms with Gasteiger partial charge in [-0.25, -0.2) is 0 Å². The number of carboxylic acids is 1. The molecule has 0 spiro atoms. The topological polar surface area (TPSA) is 111 Å². The molecule has 0 unspecified atom stereocenters. The number of hydrogen-bond donors (Lipinski definition) is 2. The highest BCUT2D eigenvalue weighted by atomic mass is 35.5. The minimum atomic E-state index is -1.17. The van der Waals surface area contributed by atoms with E-state index in [-0.39, 0.29) is 12.1 Å². The molecular weight excluding hydrogens is 274 g/mol. The maximum atomic E-state index is 11.0. The summed E-state index contributed by atoms with van der Waals surface area (Å²) < 4.78 is 1.20. The zero-order chi connectivity index (χ0) is 14.2. The van der Waals surface area contributed by atoms with Gasteiger partial charge in [0.2, 0.25) is 0 Å². The minimum Gasteiger partial charge on any atom is -0.480 e. The molecular formula is C11H10ClN3O4. The fraction of sp³-hybridized carbons (Fsp3) is 0.182. The molecule has 0 radical (unpaired) electrons. The Labute approximate surface area is 112 Å². The molecule has 0 fully saturated rings. The van der Waals surface area contributed by atoms with Crippen molar-refractivity contribution in [2.24, 2.45) is 5.73 Å². The summed E-state index contributed by atoms with van der Waals surface area (Å²) in [6, 6.07) is 3.34. The minimum absolute atomic E-state index is 0.0313. The molecule has 2 rings (SSSR count). The van der Waals surface area contributed by atoms with Crippen LogP contribution in [0.5, 0.6) is 0 Å². The zero-order valence-corrected chi connectivity index (χ0v) is 10.4. The van der Waals surface area contributed by atoms with Crippen LogP contribution in [0.2, 0.25) is 0 Å². The van der Waals surface area contributed by atoms with Gasteiger partial charge >= 0.3 is 5.97 Å². The average Bonchev–Trinajstić information content (AvgIpc) is 2.66. The maximum Gasteiger partial charge on any atom is 0.320 e. The van der Waals surface area contributed by atoms with E-state index >= 15 is 0 Å². The van der Waals surface area contributed by atoms with E-state index in [1.54, 1.807) is 6.07 Å². The first kappa shape index (κ1) is 13.3. The highest BCUT2D eigenvalue weighted by Crippen LogP contribution is 2.31. The second-order valence-electron chi connectivity index (χ2n) is 4.04. The van der Waals surface area contributed by atoms with Crippen LogP contribution in [0.25, 0.3) is 10.9 Å². The van der Waals surface area contributed by atoms with Crippen LogP contribution in [0.15, 0.2) is 24.4 Å². The fourth-order valence-corrected chi connectivity index (χ4v) is 2.20. The van der Waals surface area contributed by atoms with Crippen LogP contribution in [-0.2, 0) is 11.2 Å². The van der Waals surface area contributed by atoms with Gasteiger partial charge in [0.05, 0.1) is 15.8 Å². The number of hydrogen-bond acceptors (Lipinski definition) is 4. The van der Waals surface area contributed by atoms with E-state index in [4.69, 9.17) is 22.6 Å². The van der Waals surface area contributed by atoms with Gasteiger partial charge in [0.25, 0.3) is 5.69 Å². The lowest BCUT2D eigenvalue weighted by Gasteiger charge is -2.04. The van der Waals surface area contributed by atoms with Gasteiger partial charge in [0.15, 0.2) is 0 Å². The normalized spacial score (nSPS) is 12.5. The molecule has 19 heavy (non-hydrogen) atoms. The van der Waals surface area contributed by atoms with E-state index in [0.29, 0.717) is 16.5 Å². The lowest BCUT2D eigenvalue weighted by molar-refractivity contribution is -0.383. The average molecular weight is 284 g/mol. The molecule has 1 atom stereocenters. The molecule has 2 aromatic rings. The van der Waals surface area contributed by atoms with Gasteiger partial charge in [-0.05, 0) is 11.6 Å². The van der Waals surface area contributed by atoms with Crippen LogP contribution in [-0.4, -0.2) is 26.1 Å². The first-order valence-electron chi connectivity index (χ1n) is 5.33. The van der Waals surface area contributed by atoms with E-state index in [1.165, 1.54) is 22.4 Å². The van der Waals surface area contributed by atoms with Gasteiger partial charge in [-0.2, -0.15) is 0 Å². The summed E-state index contributed by atoms with van der Waals surface area (Å²) in [4.78, 5) is 21.2. The van der Waals surface area contributed by atoms with Crippen molar-refractivity contribution in [1.82, 2.24) is 4.09 Å². The van der Waals surface area contributed by atoms with Gasteiger partial charge < -0.3 is 10.8 Å². The van der Waals surface area contributed by atoms with Crippen LogP contribution >= 0.6 is 11.8 Å². The summed E-state index contributed by atoms with van der Waals surface area (Å²) in [5, 5.41) is 20.1. The molecule has 1 aromatic heterocycles. The zero-order valence-electron chi connectivity index (χ0n) is 9.62.